The van der Waals surface area contributed by atoms with Crippen molar-refractivity contribution in [1.29, 1.82) is 0 Å². The van der Waals surface area contributed by atoms with Gasteiger partial charge < -0.3 is 0 Å². The van der Waals surface area contributed by atoms with Crippen LogP contribution in [0.2, 0.25) is 10.0 Å². The Morgan fingerprint density at radius 2 is 1.96 bits per heavy atom. The summed E-state index contributed by atoms with van der Waals surface area (Å²) < 4.78 is 1.62. The van der Waals surface area contributed by atoms with E-state index in [1.54, 1.807) is 41.1 Å². The second-order valence-corrected chi connectivity index (χ2v) is 6.43. The molecule has 0 aliphatic rings. The van der Waals surface area contributed by atoms with Crippen molar-refractivity contribution in [3.63, 3.8) is 0 Å². The maximum Gasteiger partial charge on any atom is 0.212 e. The maximum absolute atomic E-state index is 6.13. The predicted octanol–water partition coefficient (Wildman–Crippen LogP) is 4.76. The summed E-state index contributed by atoms with van der Waals surface area (Å²) in [6, 6.07) is 15.4. The van der Waals surface area contributed by atoms with Crippen LogP contribution in [0.15, 0.2) is 65.1 Å². The van der Waals surface area contributed by atoms with Gasteiger partial charge in [0.05, 0.1) is 11.2 Å². The molecule has 7 heteroatoms. The van der Waals surface area contributed by atoms with Crippen molar-refractivity contribution in [2.24, 2.45) is 5.10 Å². The topological polar surface area (TPSA) is 43.1 Å². The zero-order valence-corrected chi connectivity index (χ0v) is 14.3. The number of rotatable bonds is 5. The Morgan fingerprint density at radius 3 is 2.74 bits per heavy atom. The Hall–Kier alpha value is -1.82. The van der Waals surface area contributed by atoms with Crippen molar-refractivity contribution in [3.05, 3.63) is 76.0 Å². The van der Waals surface area contributed by atoms with Crippen LogP contribution in [-0.2, 0) is 5.75 Å². The Labute approximate surface area is 148 Å². The number of aromatic nitrogens is 3. The fourth-order valence-electron chi connectivity index (χ4n) is 1.85. The van der Waals surface area contributed by atoms with E-state index in [4.69, 9.17) is 23.2 Å². The molecule has 3 rings (SSSR count). The van der Waals surface area contributed by atoms with Crippen molar-refractivity contribution in [1.82, 2.24) is 14.9 Å². The first kappa shape index (κ1) is 16.1. The fraction of sp³-hybridized carbons (Fsp3) is 0.0625. The van der Waals surface area contributed by atoms with Gasteiger partial charge in [0.2, 0.25) is 5.16 Å². The predicted molar refractivity (Wildman–Crippen MR) is 95.5 cm³/mol. The summed E-state index contributed by atoms with van der Waals surface area (Å²) in [6.07, 6.45) is 3.22. The normalized spacial score (nSPS) is 11.2. The third kappa shape index (κ3) is 4.34. The molecule has 0 aliphatic heterocycles. The first-order chi connectivity index (χ1) is 11.2. The van der Waals surface area contributed by atoms with E-state index in [0.29, 0.717) is 10.0 Å². The molecule has 0 N–H and O–H groups in total. The number of halogens is 2. The summed E-state index contributed by atoms with van der Waals surface area (Å²) in [7, 11) is 0. The number of benzene rings is 2. The van der Waals surface area contributed by atoms with Gasteiger partial charge in [-0.05, 0) is 17.7 Å². The molecule has 2 aromatic carbocycles. The third-order valence-corrected chi connectivity index (χ3v) is 4.56. The van der Waals surface area contributed by atoms with Gasteiger partial charge >= 0.3 is 0 Å². The lowest BCUT2D eigenvalue weighted by Gasteiger charge is -2.02. The number of hydrogen-bond donors (Lipinski definition) is 0. The Bertz CT molecular complexity index is 818. The van der Waals surface area contributed by atoms with Crippen molar-refractivity contribution >= 4 is 41.2 Å². The minimum atomic E-state index is 0.549. The quantitative estimate of drug-likeness (QED) is 0.485. The van der Waals surface area contributed by atoms with Gasteiger partial charge in [-0.3, -0.25) is 0 Å². The summed E-state index contributed by atoms with van der Waals surface area (Å²) in [4.78, 5) is 0. The molecule has 0 spiro atoms. The zero-order chi connectivity index (χ0) is 16.1. The molecular weight excluding hydrogens is 351 g/mol. The van der Waals surface area contributed by atoms with Crippen LogP contribution in [0, 0.1) is 0 Å². The largest absolute Gasteiger partial charge is 0.212 e. The van der Waals surface area contributed by atoms with Crippen molar-refractivity contribution < 1.29 is 0 Å². The van der Waals surface area contributed by atoms with Crippen LogP contribution in [0.25, 0.3) is 0 Å². The SMILES string of the molecule is Clc1ccc(C=Nn2cnnc2SCc2ccccc2)c(Cl)c1. The third-order valence-electron chi connectivity index (χ3n) is 2.99. The summed E-state index contributed by atoms with van der Waals surface area (Å²) in [5.41, 5.74) is 2.00. The lowest BCUT2D eigenvalue weighted by molar-refractivity contribution is 0.767. The molecule has 1 aromatic heterocycles. The van der Waals surface area contributed by atoms with E-state index in [9.17, 15) is 0 Å². The Kier molecular flexibility index (Phi) is 5.33. The standard InChI is InChI=1S/C16H12Cl2N4S/c17-14-7-6-13(15(18)8-14)9-20-22-11-19-21-16(22)23-10-12-4-2-1-3-5-12/h1-9,11H,10H2. The van der Waals surface area contributed by atoms with Crippen LogP contribution < -0.4 is 0 Å². The second-order valence-electron chi connectivity index (χ2n) is 4.64. The highest BCUT2D eigenvalue weighted by Crippen LogP contribution is 2.21. The number of hydrogen-bond acceptors (Lipinski definition) is 4. The molecule has 116 valence electrons. The summed E-state index contributed by atoms with van der Waals surface area (Å²) in [6.45, 7) is 0. The van der Waals surface area contributed by atoms with Crippen LogP contribution in [0.1, 0.15) is 11.1 Å². The first-order valence-electron chi connectivity index (χ1n) is 6.78. The minimum absolute atomic E-state index is 0.549. The molecule has 1 heterocycles. The maximum atomic E-state index is 6.13. The highest BCUT2D eigenvalue weighted by molar-refractivity contribution is 7.98. The van der Waals surface area contributed by atoms with Gasteiger partial charge in [0, 0.05) is 16.3 Å². The van der Waals surface area contributed by atoms with Crippen LogP contribution >= 0.6 is 35.0 Å². The van der Waals surface area contributed by atoms with Gasteiger partial charge in [0.1, 0.15) is 6.33 Å². The molecular formula is C16H12Cl2N4S. The number of thioether (sulfide) groups is 1. The molecule has 4 nitrogen and oxygen atoms in total. The molecule has 0 amide bonds. The van der Waals surface area contributed by atoms with Gasteiger partial charge in [-0.25, -0.2) is 0 Å². The lowest BCUT2D eigenvalue weighted by atomic mass is 10.2. The van der Waals surface area contributed by atoms with Gasteiger partial charge in [0.15, 0.2) is 0 Å². The zero-order valence-electron chi connectivity index (χ0n) is 11.9. The first-order valence-corrected chi connectivity index (χ1v) is 8.53. The molecule has 0 bridgehead atoms. The van der Waals surface area contributed by atoms with Gasteiger partial charge in [0.25, 0.3) is 0 Å². The summed E-state index contributed by atoms with van der Waals surface area (Å²) in [5, 5.41) is 14.2. The smallest absolute Gasteiger partial charge is 0.195 e. The monoisotopic (exact) mass is 362 g/mol. The minimum Gasteiger partial charge on any atom is -0.195 e. The van der Waals surface area contributed by atoms with Crippen LogP contribution in [0.3, 0.4) is 0 Å². The molecule has 0 unspecified atom stereocenters. The van der Waals surface area contributed by atoms with Crippen LogP contribution in [-0.4, -0.2) is 21.1 Å². The van der Waals surface area contributed by atoms with E-state index < -0.39 is 0 Å². The lowest BCUT2D eigenvalue weighted by Crippen LogP contribution is -1.93. The van der Waals surface area contributed by atoms with E-state index in [1.165, 1.54) is 5.56 Å². The highest BCUT2D eigenvalue weighted by atomic mass is 35.5. The molecule has 0 atom stereocenters. The van der Waals surface area contributed by atoms with E-state index >= 15 is 0 Å². The Morgan fingerprint density at radius 1 is 1.13 bits per heavy atom. The van der Waals surface area contributed by atoms with E-state index in [2.05, 4.69) is 27.4 Å². The summed E-state index contributed by atoms with van der Waals surface area (Å²) >= 11 is 13.6. The average molecular weight is 363 g/mol. The molecule has 23 heavy (non-hydrogen) atoms. The van der Waals surface area contributed by atoms with E-state index in [1.807, 2.05) is 24.3 Å². The Balaban J connectivity index is 1.72. The van der Waals surface area contributed by atoms with Gasteiger partial charge in [-0.15, -0.1) is 10.2 Å². The summed E-state index contributed by atoms with van der Waals surface area (Å²) in [5.74, 6) is 0.802. The molecule has 0 saturated carbocycles. The van der Waals surface area contributed by atoms with Gasteiger partial charge in [-0.1, -0.05) is 71.4 Å². The molecule has 0 fully saturated rings. The van der Waals surface area contributed by atoms with Crippen molar-refractivity contribution in [3.8, 4) is 0 Å². The van der Waals surface area contributed by atoms with Crippen molar-refractivity contribution in [2.45, 2.75) is 10.9 Å². The molecule has 0 saturated heterocycles. The molecule has 3 aromatic rings. The second kappa shape index (κ2) is 7.64. The van der Waals surface area contributed by atoms with Crippen molar-refractivity contribution in [2.75, 3.05) is 0 Å². The average Bonchev–Trinajstić information content (AvgIpc) is 3.00. The highest BCUT2D eigenvalue weighted by Gasteiger charge is 2.05. The van der Waals surface area contributed by atoms with E-state index in [-0.39, 0.29) is 0 Å². The molecule has 0 aliphatic carbocycles. The van der Waals surface area contributed by atoms with E-state index in [0.717, 1.165) is 16.5 Å². The number of nitrogens with zero attached hydrogens (tertiary/aromatic N) is 4. The van der Waals surface area contributed by atoms with Gasteiger partial charge in [-0.2, -0.15) is 9.78 Å². The fourth-order valence-corrected chi connectivity index (χ4v) is 3.12. The van der Waals surface area contributed by atoms with Crippen LogP contribution in [0.4, 0.5) is 0 Å². The van der Waals surface area contributed by atoms with Crippen LogP contribution in [0.5, 0.6) is 0 Å². The molecule has 0 radical (unpaired) electrons.